The first-order chi connectivity index (χ1) is 13.5. The smallest absolute Gasteiger partial charge is 0.254 e. The predicted octanol–water partition coefficient (Wildman–Crippen LogP) is 4.24. The number of halogens is 1. The summed E-state index contributed by atoms with van der Waals surface area (Å²) in [7, 11) is 0. The predicted molar refractivity (Wildman–Crippen MR) is 103 cm³/mol. The summed E-state index contributed by atoms with van der Waals surface area (Å²) in [5, 5.41) is 2.73. The minimum Gasteiger partial charge on any atom is -0.461 e. The Balaban J connectivity index is 1.52. The summed E-state index contributed by atoms with van der Waals surface area (Å²) >= 11 is 0. The summed E-state index contributed by atoms with van der Waals surface area (Å²) in [5.41, 5.74) is 2.92. The molecule has 2 amide bonds. The van der Waals surface area contributed by atoms with Crippen LogP contribution in [0.2, 0.25) is 0 Å². The van der Waals surface area contributed by atoms with Crippen molar-refractivity contribution < 1.29 is 18.4 Å². The number of hydrogen-bond donors (Lipinski definition) is 1. The third kappa shape index (κ3) is 3.67. The van der Waals surface area contributed by atoms with Crippen molar-refractivity contribution in [2.24, 2.45) is 0 Å². The molecule has 0 atom stereocenters. The molecule has 2 aromatic carbocycles. The molecule has 6 heteroatoms. The lowest BCUT2D eigenvalue weighted by molar-refractivity contribution is -0.114. The van der Waals surface area contributed by atoms with E-state index in [1.165, 1.54) is 19.1 Å². The van der Waals surface area contributed by atoms with Crippen LogP contribution in [0.5, 0.6) is 0 Å². The van der Waals surface area contributed by atoms with Gasteiger partial charge in [-0.15, -0.1) is 0 Å². The Bertz CT molecular complexity index is 1040. The molecule has 5 nitrogen and oxygen atoms in total. The molecular formula is C22H19FN2O3. The molecule has 0 saturated heterocycles. The minimum absolute atomic E-state index is 0.121. The zero-order valence-corrected chi connectivity index (χ0v) is 15.4. The second kappa shape index (κ2) is 7.31. The van der Waals surface area contributed by atoms with Gasteiger partial charge in [0.25, 0.3) is 5.91 Å². The molecule has 0 unspecified atom stereocenters. The molecule has 0 fully saturated rings. The Morgan fingerprint density at radius 1 is 1.11 bits per heavy atom. The van der Waals surface area contributed by atoms with Gasteiger partial charge < -0.3 is 14.6 Å². The number of carbonyl (C=O) groups excluding carboxylic acids is 2. The van der Waals surface area contributed by atoms with Crippen LogP contribution in [-0.2, 0) is 17.8 Å². The number of carbonyl (C=O) groups is 2. The molecule has 0 aliphatic carbocycles. The summed E-state index contributed by atoms with van der Waals surface area (Å²) in [6.07, 6.45) is 0.611. The van der Waals surface area contributed by atoms with Gasteiger partial charge in [0.15, 0.2) is 0 Å². The van der Waals surface area contributed by atoms with E-state index in [-0.39, 0.29) is 11.8 Å². The van der Waals surface area contributed by atoms with E-state index in [9.17, 15) is 14.0 Å². The second-order valence-corrected chi connectivity index (χ2v) is 6.80. The molecule has 142 valence electrons. The molecule has 1 aliphatic heterocycles. The summed E-state index contributed by atoms with van der Waals surface area (Å²) in [6.45, 7) is 2.42. The largest absolute Gasteiger partial charge is 0.461 e. The van der Waals surface area contributed by atoms with E-state index < -0.39 is 5.82 Å². The third-order valence-electron chi connectivity index (χ3n) is 4.72. The Kier molecular flexibility index (Phi) is 4.69. The highest BCUT2D eigenvalue weighted by atomic mass is 19.1. The van der Waals surface area contributed by atoms with Crippen LogP contribution in [-0.4, -0.2) is 23.3 Å². The molecule has 3 aromatic rings. The maximum absolute atomic E-state index is 13.4. The average molecular weight is 378 g/mol. The van der Waals surface area contributed by atoms with Crippen LogP contribution in [0.1, 0.15) is 28.6 Å². The Labute approximate surface area is 161 Å². The number of anilines is 1. The highest BCUT2D eigenvalue weighted by Gasteiger charge is 2.25. The van der Waals surface area contributed by atoms with E-state index in [1.54, 1.807) is 17.0 Å². The monoisotopic (exact) mass is 378 g/mol. The number of nitrogens with one attached hydrogen (secondary N) is 1. The average Bonchev–Trinajstić information content (AvgIpc) is 3.11. The first-order valence-corrected chi connectivity index (χ1v) is 9.04. The molecule has 0 radical (unpaired) electrons. The van der Waals surface area contributed by atoms with E-state index >= 15 is 0 Å². The van der Waals surface area contributed by atoms with Crippen molar-refractivity contribution in [2.45, 2.75) is 19.9 Å². The fourth-order valence-corrected chi connectivity index (χ4v) is 3.37. The van der Waals surface area contributed by atoms with Gasteiger partial charge in [-0.05, 0) is 48.5 Å². The van der Waals surface area contributed by atoms with Gasteiger partial charge in [0.1, 0.15) is 17.3 Å². The fraction of sp³-hybridized carbons (Fsp3) is 0.182. The number of furan rings is 1. The van der Waals surface area contributed by atoms with Gasteiger partial charge in [-0.1, -0.05) is 6.07 Å². The maximum atomic E-state index is 13.4. The summed E-state index contributed by atoms with van der Waals surface area (Å²) in [6, 6.07) is 15.1. The van der Waals surface area contributed by atoms with Gasteiger partial charge in [0.2, 0.25) is 5.91 Å². The second-order valence-electron chi connectivity index (χ2n) is 6.80. The minimum atomic E-state index is -0.420. The lowest BCUT2D eigenvalue weighted by Crippen LogP contribution is -2.35. The van der Waals surface area contributed by atoms with Crippen LogP contribution in [0.3, 0.4) is 0 Å². The van der Waals surface area contributed by atoms with E-state index in [0.717, 1.165) is 28.3 Å². The first kappa shape index (κ1) is 18.0. The molecule has 0 bridgehead atoms. The number of benzene rings is 2. The van der Waals surface area contributed by atoms with Gasteiger partial charge in [0.05, 0.1) is 0 Å². The third-order valence-corrected chi connectivity index (χ3v) is 4.72. The quantitative estimate of drug-likeness (QED) is 0.741. The van der Waals surface area contributed by atoms with Crippen LogP contribution in [0, 0.1) is 5.82 Å². The van der Waals surface area contributed by atoms with E-state index in [4.69, 9.17) is 4.42 Å². The van der Waals surface area contributed by atoms with Crippen LogP contribution >= 0.6 is 0 Å². The summed E-state index contributed by atoms with van der Waals surface area (Å²) in [4.78, 5) is 25.5. The van der Waals surface area contributed by atoms with Gasteiger partial charge >= 0.3 is 0 Å². The van der Waals surface area contributed by atoms with Crippen LogP contribution in [0.15, 0.2) is 59.0 Å². The van der Waals surface area contributed by atoms with Crippen molar-refractivity contribution in [2.75, 3.05) is 11.9 Å². The molecule has 0 spiro atoms. The number of amides is 2. The van der Waals surface area contributed by atoms with Gasteiger partial charge in [-0.2, -0.15) is 0 Å². The van der Waals surface area contributed by atoms with Crippen molar-refractivity contribution in [3.8, 4) is 11.3 Å². The highest BCUT2D eigenvalue weighted by molar-refractivity contribution is 5.94. The molecule has 4 rings (SSSR count). The SMILES string of the molecule is CC(=O)Nc1ccc(-c2cc3c(o2)CCN(C(=O)c2cccc(F)c2)C3)cc1. The topological polar surface area (TPSA) is 62.6 Å². The molecule has 1 N–H and O–H groups in total. The van der Waals surface area contributed by atoms with Gasteiger partial charge in [-0.25, -0.2) is 4.39 Å². The van der Waals surface area contributed by atoms with Crippen molar-refractivity contribution in [1.82, 2.24) is 4.90 Å². The zero-order chi connectivity index (χ0) is 19.7. The van der Waals surface area contributed by atoms with Crippen molar-refractivity contribution in [3.63, 3.8) is 0 Å². The Hall–Kier alpha value is -3.41. The van der Waals surface area contributed by atoms with Crippen LogP contribution in [0.4, 0.5) is 10.1 Å². The molecule has 1 aliphatic rings. The number of hydrogen-bond acceptors (Lipinski definition) is 3. The Morgan fingerprint density at radius 2 is 1.89 bits per heavy atom. The molecule has 0 saturated carbocycles. The van der Waals surface area contributed by atoms with Gasteiger partial charge in [0, 0.05) is 48.8 Å². The van der Waals surface area contributed by atoms with E-state index in [2.05, 4.69) is 5.32 Å². The molecule has 28 heavy (non-hydrogen) atoms. The van der Waals surface area contributed by atoms with Crippen LogP contribution < -0.4 is 5.32 Å². The first-order valence-electron chi connectivity index (χ1n) is 9.04. The Morgan fingerprint density at radius 3 is 2.61 bits per heavy atom. The fourth-order valence-electron chi connectivity index (χ4n) is 3.37. The summed E-state index contributed by atoms with van der Waals surface area (Å²) in [5.74, 6) is 0.859. The van der Waals surface area contributed by atoms with Crippen molar-refractivity contribution in [3.05, 3.63) is 77.3 Å². The number of fused-ring (bicyclic) bond motifs is 1. The zero-order valence-electron chi connectivity index (χ0n) is 15.4. The molecular weight excluding hydrogens is 359 g/mol. The number of nitrogens with zero attached hydrogens (tertiary/aromatic N) is 1. The maximum Gasteiger partial charge on any atom is 0.254 e. The van der Waals surface area contributed by atoms with E-state index in [0.29, 0.717) is 25.1 Å². The van der Waals surface area contributed by atoms with Crippen LogP contribution in [0.25, 0.3) is 11.3 Å². The molecule has 2 heterocycles. The lowest BCUT2D eigenvalue weighted by Gasteiger charge is -2.26. The molecule has 1 aromatic heterocycles. The summed E-state index contributed by atoms with van der Waals surface area (Å²) < 4.78 is 19.4. The standard InChI is InChI=1S/C22H19FN2O3/c1-14(26)24-19-7-5-15(6-8-19)21-12-17-13-25(10-9-20(17)28-21)22(27)16-3-2-4-18(23)11-16/h2-8,11-12H,9-10,13H2,1H3,(H,24,26). The normalized spacial score (nSPS) is 13.1. The number of rotatable bonds is 3. The van der Waals surface area contributed by atoms with E-state index in [1.807, 2.05) is 30.3 Å². The lowest BCUT2D eigenvalue weighted by atomic mass is 10.1. The highest BCUT2D eigenvalue weighted by Crippen LogP contribution is 2.30. The van der Waals surface area contributed by atoms with Crippen molar-refractivity contribution in [1.29, 1.82) is 0 Å². The van der Waals surface area contributed by atoms with Crippen molar-refractivity contribution >= 4 is 17.5 Å². The van der Waals surface area contributed by atoms with Gasteiger partial charge in [-0.3, -0.25) is 9.59 Å².